The number of halogens is 1. The number of hydrogen-bond donors (Lipinski definition) is 5. The Labute approximate surface area is 368 Å². The summed E-state index contributed by atoms with van der Waals surface area (Å²) in [5.41, 5.74) is 9.25. The van der Waals surface area contributed by atoms with Crippen LogP contribution in [0, 0.1) is 18.2 Å². The van der Waals surface area contributed by atoms with Gasteiger partial charge in [-0.2, -0.15) is 0 Å². The highest BCUT2D eigenvalue weighted by Gasteiger charge is 2.45. The van der Waals surface area contributed by atoms with Gasteiger partial charge < -0.3 is 46.1 Å². The van der Waals surface area contributed by atoms with Crippen LogP contribution in [0.3, 0.4) is 0 Å². The van der Waals surface area contributed by atoms with Gasteiger partial charge in [-0.15, -0.1) is 11.3 Å². The number of unbranched alkanes of at least 4 members (excludes halogenated alkanes) is 1. The van der Waals surface area contributed by atoms with Crippen molar-refractivity contribution in [1.82, 2.24) is 25.8 Å². The van der Waals surface area contributed by atoms with Gasteiger partial charge in [0.2, 0.25) is 17.7 Å². The summed E-state index contributed by atoms with van der Waals surface area (Å²) in [6.45, 7) is 14.5. The molecule has 2 aromatic carbocycles. The molecule has 340 valence electrons. The molecule has 0 bridgehead atoms. The number of primary amides is 1. The van der Waals surface area contributed by atoms with Crippen molar-refractivity contribution in [2.24, 2.45) is 11.1 Å². The third-order valence-electron chi connectivity index (χ3n) is 10.5. The molecule has 3 unspecified atom stereocenters. The van der Waals surface area contributed by atoms with Crippen molar-refractivity contribution in [3.63, 3.8) is 0 Å². The minimum Gasteiger partial charge on any atom is -0.450 e. The number of aliphatic hydroxyl groups excluding tert-OH is 1. The molecule has 0 spiro atoms. The number of aryl methyl sites for hydroxylation is 2. The number of rotatable bonds is 18. The number of anilines is 1. The number of nitrogens with one attached hydrogen (secondary N) is 3. The molecule has 15 nitrogen and oxygen atoms in total. The topological polar surface area (TPSA) is 206 Å². The van der Waals surface area contributed by atoms with Crippen molar-refractivity contribution in [3.05, 3.63) is 70.6 Å². The van der Waals surface area contributed by atoms with E-state index in [-0.39, 0.29) is 45.0 Å². The molecule has 2 heterocycles. The molecule has 1 aliphatic rings. The zero-order chi connectivity index (χ0) is 45.9. The Balaban J connectivity index is 1.29. The number of hydrogen-bond acceptors (Lipinski definition) is 11. The minimum absolute atomic E-state index is 0.00608. The molecule has 1 aliphatic heterocycles. The predicted molar refractivity (Wildman–Crippen MR) is 237 cm³/mol. The summed E-state index contributed by atoms with van der Waals surface area (Å²) in [6, 6.07) is 9.94. The maximum absolute atomic E-state index is 15.8. The highest BCUT2D eigenvalue weighted by atomic mass is 32.1. The van der Waals surface area contributed by atoms with Gasteiger partial charge in [0.15, 0.2) is 0 Å². The molecular weight excluding hydrogens is 818 g/mol. The van der Waals surface area contributed by atoms with E-state index in [1.807, 2.05) is 38.1 Å². The lowest BCUT2D eigenvalue weighted by Crippen LogP contribution is -2.58. The number of aliphatic hydroxyl groups is 1. The monoisotopic (exact) mass is 881 g/mol. The number of likely N-dealkylation sites (tertiary alicyclic amines) is 1. The van der Waals surface area contributed by atoms with Crippen LogP contribution in [0.5, 0.6) is 0 Å². The Morgan fingerprint density at radius 2 is 1.71 bits per heavy atom. The lowest BCUT2D eigenvalue weighted by molar-refractivity contribution is -0.142. The highest BCUT2D eigenvalue weighted by molar-refractivity contribution is 7.13. The third-order valence-corrected chi connectivity index (χ3v) is 11.5. The first-order valence-corrected chi connectivity index (χ1v) is 21.9. The lowest BCUT2D eigenvalue weighted by atomic mass is 9.85. The number of alkyl carbamates (subject to hydrolysis) is 2. The summed E-state index contributed by atoms with van der Waals surface area (Å²) >= 11 is 1.56. The van der Waals surface area contributed by atoms with Gasteiger partial charge in [0.25, 0.3) is 0 Å². The maximum atomic E-state index is 15.8. The van der Waals surface area contributed by atoms with Gasteiger partial charge >= 0.3 is 12.2 Å². The van der Waals surface area contributed by atoms with Crippen molar-refractivity contribution < 1.29 is 42.9 Å². The van der Waals surface area contributed by atoms with Crippen LogP contribution in [0.25, 0.3) is 10.4 Å². The number of nitrogens with zero attached hydrogens (tertiary/aromatic N) is 3. The number of ether oxygens (including phenoxy) is 2. The van der Waals surface area contributed by atoms with E-state index < -0.39 is 71.0 Å². The molecule has 5 atom stereocenters. The molecule has 4 rings (SSSR count). The predicted octanol–water partition coefficient (Wildman–Crippen LogP) is 6.16. The number of carbonyl (C=O) groups is 5. The van der Waals surface area contributed by atoms with Crippen LogP contribution in [-0.4, -0.2) is 101 Å². The zero-order valence-electron chi connectivity index (χ0n) is 37.4. The first kappa shape index (κ1) is 49.4. The number of carbonyl (C=O) groups excluding carboxylic acids is 5. The van der Waals surface area contributed by atoms with E-state index in [1.54, 1.807) is 88.5 Å². The van der Waals surface area contributed by atoms with Crippen LogP contribution < -0.4 is 26.6 Å². The molecular formula is C45H64FN7O8S. The van der Waals surface area contributed by atoms with E-state index in [4.69, 9.17) is 15.2 Å². The molecule has 1 aromatic heterocycles. The molecule has 1 fully saturated rings. The van der Waals surface area contributed by atoms with Crippen molar-refractivity contribution in [1.29, 1.82) is 0 Å². The standard InChI is InChI=1S/C45H64FN7O8S/c1-27(29-16-18-31(19-17-29)38-28(2)48-26-62-38)49-40(56)35-23-33(54)25-53(35)41(57)39(44(3,4)5)51-42(58)60-22-11-10-13-30-14-12-15-34(37(30)46)52(9)24-32(20-21-36(47)55)50-43(59)61-45(6,7)8/h12,14-19,26-27,32-33,35,39,54H,10-11,13,20-25H2,1-9H3,(H2,47,55)(H,49,56)(H,50,59)(H,51,58)/t27?,32?,33-,35+,39?/m1/s1. The Hall–Kier alpha value is -5.29. The van der Waals surface area contributed by atoms with Crippen molar-refractivity contribution in [3.8, 4) is 10.4 Å². The molecule has 0 radical (unpaired) electrons. The number of nitrogens with two attached hydrogens (primary N) is 1. The zero-order valence-corrected chi connectivity index (χ0v) is 38.2. The molecule has 1 saturated heterocycles. The summed E-state index contributed by atoms with van der Waals surface area (Å²) in [5.74, 6) is -1.88. The first-order chi connectivity index (χ1) is 29.0. The summed E-state index contributed by atoms with van der Waals surface area (Å²) in [5, 5.41) is 19.1. The molecule has 3 aromatic rings. The van der Waals surface area contributed by atoms with E-state index in [0.29, 0.717) is 30.5 Å². The van der Waals surface area contributed by atoms with Crippen LogP contribution in [0.15, 0.2) is 48.0 Å². The number of aromatic nitrogens is 1. The Morgan fingerprint density at radius 1 is 1.02 bits per heavy atom. The van der Waals surface area contributed by atoms with Gasteiger partial charge in [0, 0.05) is 33.0 Å². The fraction of sp³-hybridized carbons (Fsp3) is 0.556. The van der Waals surface area contributed by atoms with Gasteiger partial charge in [-0.3, -0.25) is 14.4 Å². The van der Waals surface area contributed by atoms with E-state index in [9.17, 15) is 29.1 Å². The molecule has 5 amide bonds. The average molecular weight is 882 g/mol. The number of thiazole rings is 1. The maximum Gasteiger partial charge on any atom is 0.407 e. The second-order valence-electron chi connectivity index (χ2n) is 18.0. The second kappa shape index (κ2) is 21.7. The SMILES string of the molecule is Cc1ncsc1-c1ccc(C(C)NC(=O)[C@@H]2C[C@@H](O)CN2C(=O)C(NC(=O)OCCCCc2cccc(N(C)CC(CCC(N)=O)NC(=O)OC(C)(C)C)c2F)C(C)(C)C)cc1. The van der Waals surface area contributed by atoms with Crippen LogP contribution in [0.1, 0.15) is 103 Å². The quantitative estimate of drug-likeness (QED) is 0.0921. The Morgan fingerprint density at radius 3 is 2.32 bits per heavy atom. The normalized spacial score (nSPS) is 16.8. The van der Waals surface area contributed by atoms with Crippen molar-refractivity contribution >= 4 is 46.9 Å². The van der Waals surface area contributed by atoms with Gasteiger partial charge in [0.05, 0.1) is 46.6 Å². The minimum atomic E-state index is -1.07. The van der Waals surface area contributed by atoms with E-state index in [2.05, 4.69) is 20.9 Å². The van der Waals surface area contributed by atoms with E-state index in [1.165, 1.54) is 4.90 Å². The van der Waals surface area contributed by atoms with Gasteiger partial charge in [-0.25, -0.2) is 19.0 Å². The molecule has 6 N–H and O–H groups in total. The highest BCUT2D eigenvalue weighted by Crippen LogP contribution is 2.30. The second-order valence-corrected chi connectivity index (χ2v) is 18.9. The van der Waals surface area contributed by atoms with E-state index in [0.717, 1.165) is 21.7 Å². The summed E-state index contributed by atoms with van der Waals surface area (Å²) in [6.07, 6.45) is -0.836. The summed E-state index contributed by atoms with van der Waals surface area (Å²) in [4.78, 5) is 73.1. The molecule has 62 heavy (non-hydrogen) atoms. The van der Waals surface area contributed by atoms with Gasteiger partial charge in [-0.1, -0.05) is 57.2 Å². The fourth-order valence-corrected chi connectivity index (χ4v) is 8.05. The molecule has 0 saturated carbocycles. The number of β-amino-alcohol motifs (C(OH)–C–C–N with tert-alkyl or cyclic N) is 1. The Bertz CT molecular complexity index is 2020. The van der Waals surface area contributed by atoms with Crippen LogP contribution in [-0.2, 0) is 30.3 Å². The fourth-order valence-electron chi connectivity index (χ4n) is 7.24. The third kappa shape index (κ3) is 14.4. The van der Waals surface area contributed by atoms with Gasteiger partial charge in [-0.05, 0) is 88.5 Å². The van der Waals surface area contributed by atoms with Crippen LogP contribution in [0.2, 0.25) is 0 Å². The number of amides is 5. The number of likely N-dealkylation sites (N-methyl/N-ethyl adjacent to an activating group) is 1. The summed E-state index contributed by atoms with van der Waals surface area (Å²) in [7, 11) is 1.69. The molecule has 17 heteroatoms. The smallest absolute Gasteiger partial charge is 0.407 e. The summed E-state index contributed by atoms with van der Waals surface area (Å²) < 4.78 is 26.6. The van der Waals surface area contributed by atoms with E-state index >= 15 is 4.39 Å². The van der Waals surface area contributed by atoms with Crippen molar-refractivity contribution in [2.45, 2.75) is 130 Å². The average Bonchev–Trinajstić information content (AvgIpc) is 3.80. The van der Waals surface area contributed by atoms with Gasteiger partial charge in [0.1, 0.15) is 23.5 Å². The lowest BCUT2D eigenvalue weighted by Gasteiger charge is -2.35. The Kier molecular flexibility index (Phi) is 17.3. The van der Waals surface area contributed by atoms with Crippen LogP contribution >= 0.6 is 11.3 Å². The van der Waals surface area contributed by atoms with Crippen LogP contribution in [0.4, 0.5) is 19.7 Å². The van der Waals surface area contributed by atoms with Crippen molar-refractivity contribution in [2.75, 3.05) is 31.6 Å². The largest absolute Gasteiger partial charge is 0.450 e. The number of benzene rings is 2. The molecule has 0 aliphatic carbocycles. The first-order valence-electron chi connectivity index (χ1n) is 21.0.